The Morgan fingerprint density at radius 2 is 2.38 bits per heavy atom. The number of carboxylic acid groups (broad SMARTS) is 1. The molecule has 1 heterocycles. The number of nitrogens with two attached hydrogens (primary N) is 1. The first kappa shape index (κ1) is 13.2. The lowest BCUT2D eigenvalue weighted by Gasteiger charge is -2.13. The number of aliphatic carboxylic acids is 1. The normalized spacial score (nSPS) is 12.6. The molecular formula is C11H18N2O2S. The minimum atomic E-state index is -0.784. The lowest BCUT2D eigenvalue weighted by Crippen LogP contribution is -2.36. The SMILES string of the molecule is NCCCC[C@H](NCc1cccs1)C(=O)O. The van der Waals surface area contributed by atoms with Crippen molar-refractivity contribution >= 4 is 17.3 Å². The number of nitrogens with one attached hydrogen (secondary N) is 1. The Morgan fingerprint density at radius 1 is 1.56 bits per heavy atom. The van der Waals surface area contributed by atoms with Crippen LogP contribution in [0.3, 0.4) is 0 Å². The van der Waals surface area contributed by atoms with Crippen LogP contribution in [-0.2, 0) is 11.3 Å². The molecule has 90 valence electrons. The Hall–Kier alpha value is -0.910. The second kappa shape index (κ2) is 7.38. The lowest BCUT2D eigenvalue weighted by molar-refractivity contribution is -0.139. The molecule has 0 amide bonds. The van der Waals surface area contributed by atoms with Crippen LogP contribution in [0.5, 0.6) is 0 Å². The molecule has 1 aromatic rings. The van der Waals surface area contributed by atoms with Crippen molar-refractivity contribution in [2.24, 2.45) is 5.73 Å². The molecule has 16 heavy (non-hydrogen) atoms. The van der Waals surface area contributed by atoms with Gasteiger partial charge in [0, 0.05) is 11.4 Å². The molecule has 4 nitrogen and oxygen atoms in total. The lowest BCUT2D eigenvalue weighted by atomic mass is 10.1. The fourth-order valence-corrected chi connectivity index (χ4v) is 2.10. The minimum Gasteiger partial charge on any atom is -0.480 e. The van der Waals surface area contributed by atoms with E-state index in [0.29, 0.717) is 19.5 Å². The van der Waals surface area contributed by atoms with E-state index in [0.717, 1.165) is 17.7 Å². The van der Waals surface area contributed by atoms with Gasteiger partial charge in [0.25, 0.3) is 0 Å². The van der Waals surface area contributed by atoms with Gasteiger partial charge in [-0.2, -0.15) is 0 Å². The van der Waals surface area contributed by atoms with Crippen molar-refractivity contribution in [1.82, 2.24) is 5.32 Å². The summed E-state index contributed by atoms with van der Waals surface area (Å²) in [5.74, 6) is -0.784. The van der Waals surface area contributed by atoms with E-state index in [2.05, 4.69) is 5.32 Å². The predicted molar refractivity (Wildman–Crippen MR) is 65.5 cm³/mol. The molecule has 0 aliphatic rings. The summed E-state index contributed by atoms with van der Waals surface area (Å²) < 4.78 is 0. The highest BCUT2D eigenvalue weighted by Crippen LogP contribution is 2.09. The topological polar surface area (TPSA) is 75.3 Å². The monoisotopic (exact) mass is 242 g/mol. The first-order valence-corrected chi connectivity index (χ1v) is 6.30. The number of carbonyl (C=O) groups is 1. The maximum absolute atomic E-state index is 11.0. The van der Waals surface area contributed by atoms with Gasteiger partial charge in [-0.25, -0.2) is 0 Å². The average molecular weight is 242 g/mol. The molecule has 0 fully saturated rings. The quantitative estimate of drug-likeness (QED) is 0.603. The fourth-order valence-electron chi connectivity index (χ4n) is 1.44. The zero-order chi connectivity index (χ0) is 11.8. The van der Waals surface area contributed by atoms with Gasteiger partial charge in [0.2, 0.25) is 0 Å². The fraction of sp³-hybridized carbons (Fsp3) is 0.545. The van der Waals surface area contributed by atoms with Crippen molar-refractivity contribution in [1.29, 1.82) is 0 Å². The highest BCUT2D eigenvalue weighted by atomic mass is 32.1. The van der Waals surface area contributed by atoms with E-state index >= 15 is 0 Å². The molecule has 0 saturated heterocycles. The summed E-state index contributed by atoms with van der Waals surface area (Å²) in [6.07, 6.45) is 2.37. The Morgan fingerprint density at radius 3 is 2.94 bits per heavy atom. The van der Waals surface area contributed by atoms with E-state index < -0.39 is 12.0 Å². The first-order valence-electron chi connectivity index (χ1n) is 5.42. The summed E-state index contributed by atoms with van der Waals surface area (Å²) in [6.45, 7) is 1.24. The van der Waals surface area contributed by atoms with Gasteiger partial charge in [-0.3, -0.25) is 10.1 Å². The number of unbranched alkanes of at least 4 members (excludes halogenated alkanes) is 1. The number of thiophene rings is 1. The van der Waals surface area contributed by atoms with Gasteiger partial charge in [0.1, 0.15) is 6.04 Å². The molecule has 0 aliphatic heterocycles. The third-order valence-electron chi connectivity index (χ3n) is 2.35. The van der Waals surface area contributed by atoms with Gasteiger partial charge in [-0.1, -0.05) is 12.5 Å². The maximum atomic E-state index is 11.0. The van der Waals surface area contributed by atoms with Crippen LogP contribution < -0.4 is 11.1 Å². The molecule has 1 atom stereocenters. The summed E-state index contributed by atoms with van der Waals surface area (Å²) in [7, 11) is 0. The Balaban J connectivity index is 2.30. The minimum absolute atomic E-state index is 0.464. The smallest absolute Gasteiger partial charge is 0.320 e. The van der Waals surface area contributed by atoms with Crippen molar-refractivity contribution in [3.05, 3.63) is 22.4 Å². The first-order chi connectivity index (χ1) is 7.74. The van der Waals surface area contributed by atoms with Crippen molar-refractivity contribution in [2.75, 3.05) is 6.54 Å². The van der Waals surface area contributed by atoms with E-state index in [1.165, 1.54) is 0 Å². The van der Waals surface area contributed by atoms with Crippen LogP contribution in [0.2, 0.25) is 0 Å². The van der Waals surface area contributed by atoms with E-state index in [1.54, 1.807) is 11.3 Å². The van der Waals surface area contributed by atoms with Crippen LogP contribution in [0.1, 0.15) is 24.1 Å². The number of hydrogen-bond acceptors (Lipinski definition) is 4. The second-order valence-electron chi connectivity index (χ2n) is 3.64. The molecule has 0 unspecified atom stereocenters. The highest BCUT2D eigenvalue weighted by molar-refractivity contribution is 7.09. The third-order valence-corrected chi connectivity index (χ3v) is 3.22. The predicted octanol–water partition coefficient (Wildman–Crippen LogP) is 1.42. The van der Waals surface area contributed by atoms with Gasteiger partial charge >= 0.3 is 5.97 Å². The molecular weight excluding hydrogens is 224 g/mol. The molecule has 0 radical (unpaired) electrons. The van der Waals surface area contributed by atoms with E-state index in [1.807, 2.05) is 17.5 Å². The van der Waals surface area contributed by atoms with Crippen LogP contribution in [0.25, 0.3) is 0 Å². The summed E-state index contributed by atoms with van der Waals surface area (Å²) in [4.78, 5) is 12.1. The van der Waals surface area contributed by atoms with Gasteiger partial charge in [-0.05, 0) is 30.8 Å². The maximum Gasteiger partial charge on any atom is 0.320 e. The summed E-state index contributed by atoms with van der Waals surface area (Å²) in [5.41, 5.74) is 5.38. The summed E-state index contributed by atoms with van der Waals surface area (Å²) in [6, 6.07) is 3.50. The van der Waals surface area contributed by atoms with Crippen LogP contribution in [0.15, 0.2) is 17.5 Å². The molecule has 1 rings (SSSR count). The van der Waals surface area contributed by atoms with E-state index in [9.17, 15) is 4.79 Å². The van der Waals surface area contributed by atoms with E-state index in [4.69, 9.17) is 10.8 Å². The Kier molecular flexibility index (Phi) is 6.07. The second-order valence-corrected chi connectivity index (χ2v) is 4.67. The Bertz CT molecular complexity index is 301. The van der Waals surface area contributed by atoms with Gasteiger partial charge in [0.15, 0.2) is 0 Å². The summed E-state index contributed by atoms with van der Waals surface area (Å²) >= 11 is 1.63. The number of hydrogen-bond donors (Lipinski definition) is 3. The third kappa shape index (κ3) is 4.74. The van der Waals surface area contributed by atoms with E-state index in [-0.39, 0.29) is 0 Å². The molecule has 0 bridgehead atoms. The largest absolute Gasteiger partial charge is 0.480 e. The molecule has 0 saturated carbocycles. The molecule has 0 aromatic carbocycles. The van der Waals surface area contributed by atoms with Crippen LogP contribution in [0, 0.1) is 0 Å². The van der Waals surface area contributed by atoms with Crippen molar-refractivity contribution < 1.29 is 9.90 Å². The average Bonchev–Trinajstić information content (AvgIpc) is 2.75. The van der Waals surface area contributed by atoms with Crippen molar-refractivity contribution in [3.63, 3.8) is 0 Å². The van der Waals surface area contributed by atoms with Crippen molar-refractivity contribution in [2.45, 2.75) is 31.8 Å². The standard InChI is InChI=1S/C11H18N2O2S/c12-6-2-1-5-10(11(14)15)13-8-9-4-3-7-16-9/h3-4,7,10,13H,1-2,5-6,8,12H2,(H,14,15)/t10-/m0/s1. The zero-order valence-electron chi connectivity index (χ0n) is 9.19. The highest BCUT2D eigenvalue weighted by Gasteiger charge is 2.15. The molecule has 0 spiro atoms. The number of rotatable bonds is 8. The molecule has 0 aliphatic carbocycles. The Labute approximate surface area is 99.5 Å². The van der Waals surface area contributed by atoms with Crippen LogP contribution in [0.4, 0.5) is 0 Å². The molecule has 4 N–H and O–H groups in total. The molecule has 1 aromatic heterocycles. The van der Waals surface area contributed by atoms with Gasteiger partial charge < -0.3 is 10.8 Å². The molecule has 5 heteroatoms. The van der Waals surface area contributed by atoms with Crippen molar-refractivity contribution in [3.8, 4) is 0 Å². The number of carboxylic acids is 1. The van der Waals surface area contributed by atoms with Crippen LogP contribution >= 0.6 is 11.3 Å². The van der Waals surface area contributed by atoms with Gasteiger partial charge in [-0.15, -0.1) is 11.3 Å². The van der Waals surface area contributed by atoms with Crippen LogP contribution in [-0.4, -0.2) is 23.7 Å². The zero-order valence-corrected chi connectivity index (χ0v) is 10.0. The van der Waals surface area contributed by atoms with Gasteiger partial charge in [0.05, 0.1) is 0 Å². The summed E-state index contributed by atoms with van der Waals surface area (Å²) in [5, 5.41) is 14.0.